The van der Waals surface area contributed by atoms with E-state index in [9.17, 15) is 61.5 Å². The molecule has 2 aliphatic heterocycles. The molecule has 4 aromatic carbocycles. The van der Waals surface area contributed by atoms with Gasteiger partial charge in [0.25, 0.3) is 33.5 Å². The number of aromatic nitrogens is 3. The number of aliphatic carboxylic acids is 1. The van der Waals surface area contributed by atoms with E-state index in [1.165, 1.54) is 31.4 Å². The Bertz CT molecular complexity index is 4670. The molecular formula is C81H116AuCl3F2N14O20-2. The van der Waals surface area contributed by atoms with E-state index in [2.05, 4.69) is 75.8 Å². The van der Waals surface area contributed by atoms with Crippen LogP contribution in [-0.2, 0) is 52.1 Å². The van der Waals surface area contributed by atoms with Gasteiger partial charge in [0.05, 0.1) is 66.8 Å². The van der Waals surface area contributed by atoms with Crippen LogP contribution in [0.2, 0.25) is 0 Å². The predicted molar refractivity (Wildman–Crippen MR) is 457 cm³/mol. The number of carbonyl (C=O) groups excluding carboxylic acids is 6. The van der Waals surface area contributed by atoms with Gasteiger partial charge in [0.15, 0.2) is 11.5 Å². The number of alkyl carbamates (subject to hydrolysis) is 3. The van der Waals surface area contributed by atoms with Crippen molar-refractivity contribution in [3.8, 4) is 30.4 Å². The molecule has 0 bridgehead atoms. The number of anilines is 5. The number of rotatable bonds is 22. The number of methoxy groups -OCH3 is 1. The van der Waals surface area contributed by atoms with Crippen LogP contribution in [0.25, 0.3) is 0 Å². The number of nitrogens with one attached hydrogen (secondary N) is 8. The SMILES string of the molecule is C.C.C#CCCC(=O)[C@@H](CC)NC(=O)OC(C)(C)C.C#CCN.CC[C@@H](N)c1ncc(C)o1.CC[C@@H](NC(=O)OC(C)(C)C)C(=O)O.CC[C@@H](NC(=O)OC(C)(C)C)c1ncc(C)o1.CC[C@@H](Nc1c(Nc2c(F)ccc3c2C(=O)NC3)c(=O)c1=O)c1ncc(C)o1.CO.COc1c(Nc2c(F)ccc3c2C(=O)NC3)c(=O)c1=O.[C-]#N.[CH3-].[Cl][Au]([Cl])[Cl]. The van der Waals surface area contributed by atoms with Crippen LogP contribution in [0.5, 0.6) is 5.75 Å². The van der Waals surface area contributed by atoms with Gasteiger partial charge < -0.3 is 116 Å². The van der Waals surface area contributed by atoms with E-state index in [0.29, 0.717) is 79.8 Å². The number of aliphatic hydroxyl groups excluding tert-OH is 1. The second-order valence-electron chi connectivity index (χ2n) is 27.4. The number of amides is 5. The minimum atomic E-state index is -1.79. The van der Waals surface area contributed by atoms with Gasteiger partial charge in [-0.1, -0.05) is 67.5 Å². The summed E-state index contributed by atoms with van der Waals surface area (Å²) in [7, 11) is 17.1. The van der Waals surface area contributed by atoms with Crippen molar-refractivity contribution in [2.75, 3.05) is 36.7 Å². The van der Waals surface area contributed by atoms with E-state index in [4.69, 9.17) is 99.7 Å². The molecule has 34 nitrogen and oxygen atoms in total. The molecule has 0 saturated carbocycles. The molecule has 5 atom stereocenters. The minimum absolute atomic E-state index is 0. The average Bonchev–Trinajstić information content (AvgIpc) is 1.76. The van der Waals surface area contributed by atoms with Crippen LogP contribution in [0, 0.1) is 76.4 Å². The molecule has 0 unspecified atom stereocenters. The van der Waals surface area contributed by atoms with Crippen LogP contribution in [-0.4, -0.2) is 117 Å². The molecule has 9 rings (SSSR count). The quantitative estimate of drug-likeness (QED) is 0.00986. The molecule has 678 valence electrons. The Balaban J connectivity index is -0.000000672. The fourth-order valence-corrected chi connectivity index (χ4v) is 9.51. The fourth-order valence-electron chi connectivity index (χ4n) is 9.51. The van der Waals surface area contributed by atoms with E-state index in [1.54, 1.807) is 74.0 Å². The Labute approximate surface area is 723 Å². The zero-order chi connectivity index (χ0) is 90.9. The third kappa shape index (κ3) is 40.5. The molecule has 0 radical (unpaired) electrons. The average molecular weight is 1950 g/mol. The summed E-state index contributed by atoms with van der Waals surface area (Å²) < 4.78 is 64.3. The fraction of sp³-hybridized carbons (Fsp3) is 0.481. The zero-order valence-electron chi connectivity index (χ0n) is 70.0. The number of benzene rings is 2. The van der Waals surface area contributed by atoms with Crippen LogP contribution >= 0.6 is 27.6 Å². The number of aliphatic hydroxyl groups is 1. The van der Waals surface area contributed by atoms with Crippen LogP contribution in [0.4, 0.5) is 51.6 Å². The van der Waals surface area contributed by atoms with Gasteiger partial charge >= 0.3 is 67.0 Å². The predicted octanol–water partition coefficient (Wildman–Crippen LogP) is 13.8. The van der Waals surface area contributed by atoms with Gasteiger partial charge in [-0.2, -0.15) is 0 Å². The number of carboxylic acids is 1. The number of Topliss-reactive ketones (excluding diaryl/α,β-unsaturated/α-hetero) is 1. The van der Waals surface area contributed by atoms with Crippen molar-refractivity contribution in [3.05, 3.63) is 167 Å². The van der Waals surface area contributed by atoms with Crippen LogP contribution in [0.1, 0.15) is 242 Å². The van der Waals surface area contributed by atoms with Crippen LogP contribution in [0.15, 0.2) is 75.3 Å². The number of carboxylic acid groups (broad SMARTS) is 1. The van der Waals surface area contributed by atoms with Crippen molar-refractivity contribution in [2.45, 2.75) is 238 Å². The number of nitrogens with zero attached hydrogens (tertiary/aromatic N) is 4. The van der Waals surface area contributed by atoms with Crippen molar-refractivity contribution in [1.82, 2.24) is 41.5 Å². The zero-order valence-corrected chi connectivity index (χ0v) is 74.5. The first-order valence-electron chi connectivity index (χ1n) is 36.0. The van der Waals surface area contributed by atoms with Crippen LogP contribution in [0.3, 0.4) is 0 Å². The van der Waals surface area contributed by atoms with Gasteiger partial charge in [0.1, 0.15) is 80.9 Å². The number of hydrogen-bond acceptors (Lipinski definition) is 28. The molecule has 14 N–H and O–H groups in total. The van der Waals surface area contributed by atoms with Gasteiger partial charge in [0, 0.05) is 33.0 Å². The summed E-state index contributed by atoms with van der Waals surface area (Å²) in [4.78, 5) is 139. The van der Waals surface area contributed by atoms with Crippen molar-refractivity contribution >= 4 is 97.9 Å². The third-order valence-electron chi connectivity index (χ3n) is 14.9. The summed E-state index contributed by atoms with van der Waals surface area (Å²) in [5, 5.41) is 42.7. The molecule has 2 aliphatic rings. The summed E-state index contributed by atoms with van der Waals surface area (Å²) in [5.74, 6) is 4.78. The summed E-state index contributed by atoms with van der Waals surface area (Å²) in [6, 6.07) is 3.27. The van der Waals surface area contributed by atoms with Gasteiger partial charge in [-0.25, -0.2) is 42.9 Å². The number of fused-ring (bicyclic) bond motifs is 2. The van der Waals surface area contributed by atoms with E-state index in [0.717, 1.165) is 25.1 Å². The summed E-state index contributed by atoms with van der Waals surface area (Å²) in [5.41, 5.74) is 6.76. The Morgan fingerprint density at radius 2 is 0.950 bits per heavy atom. The Hall–Kier alpha value is -10.7. The number of terminal acetylenes is 2. The topological polar surface area (TPSA) is 515 Å². The Morgan fingerprint density at radius 3 is 1.28 bits per heavy atom. The first-order valence-corrected chi connectivity index (χ1v) is 44.1. The first kappa shape index (κ1) is 117. The van der Waals surface area contributed by atoms with Crippen molar-refractivity contribution in [3.63, 3.8) is 0 Å². The number of halogens is 5. The normalized spacial score (nSPS) is 12.3. The van der Waals surface area contributed by atoms with Crippen molar-refractivity contribution < 1.29 is 100.0 Å². The standard InChI is InChI=1S/C19H17FN4O4.C13H9FN2O4.C13H21NO3.C12H20N2O3.C9H17NO4.C7H12N2O.C3H5N.CN.CH4O.2CH4.CH3.Au.3ClH/c1-3-11(19-22-6-8(2)28-19)23-14-15(17(26)16(14)25)24-13-10(20)5-4-9-7-21-18(27)12(9)13;1-20-12-9(10(17)11(12)18)16-8-6(14)3-2-5-4-15-13(19)7(5)8;1-6-8-9-11(15)10(7-2)14-12(16)17-13(3,4)5;1-6-9(10-13-7-8(2)16-10)14-11(15)17-12(3,4)5;1-5-6(7(11)12)10-8(13)14-9(2,3)4;1-3-6(8)7-9-4-5(2)10-7;1-2-3-4;2*1-2;;;;;;;/h4-6,11,23-24H,3,7H2,1-2H3,(H,21,27);2-3,16H,4H2,1H3,(H,15,19);1,10H,7-9H2,2-5H3,(H,14,16);7,9H,6H2,1-5H3,(H,14,15);6H,5H2,1-4H3,(H,10,13)(H,11,12);4,6H,3,8H2,1-2H3;1H,3-4H2;;2H,1H3;2*1H4;1H3;;3*1H/q;;;;;;;-1;;;;-1;+3;;;/p-3/t11-;;10-;9-;2*6-;;;;;;;;;;/m1.1111........../s1. The Kier molecular flexibility index (Phi) is 55.4. The Morgan fingerprint density at radius 1 is 0.595 bits per heavy atom. The van der Waals surface area contributed by atoms with Gasteiger partial charge in [-0.3, -0.25) is 33.6 Å². The van der Waals surface area contributed by atoms with E-state index >= 15 is 0 Å². The monoisotopic (exact) mass is 1940 g/mol. The first-order chi connectivity index (χ1) is 55.2. The molecule has 7 aromatic rings. The van der Waals surface area contributed by atoms with Crippen molar-refractivity contribution in [1.29, 1.82) is 5.26 Å². The maximum absolute atomic E-state index is 14.4. The number of nitrogens with two attached hydrogens (primary N) is 2. The number of aryl methyl sites for hydroxylation is 3. The number of oxazole rings is 3. The summed E-state index contributed by atoms with van der Waals surface area (Å²) >= 11 is -1.79. The molecular weight excluding hydrogens is 1830 g/mol. The number of ketones is 1. The second-order valence-corrected chi connectivity index (χ2v) is 36.8. The van der Waals surface area contributed by atoms with Gasteiger partial charge in [-0.15, -0.1) is 18.8 Å². The molecule has 5 heterocycles. The summed E-state index contributed by atoms with van der Waals surface area (Å²) in [6.07, 6.45) is 16.5. The van der Waals surface area contributed by atoms with Crippen molar-refractivity contribution in [2.24, 2.45) is 11.5 Å². The van der Waals surface area contributed by atoms with Gasteiger partial charge in [0.2, 0.25) is 17.7 Å². The number of ether oxygens (including phenoxy) is 4. The molecule has 40 heteroatoms. The molecule has 0 fully saturated rings. The number of hydrogen-bond donors (Lipinski definition) is 12. The molecule has 3 aromatic heterocycles. The summed E-state index contributed by atoms with van der Waals surface area (Å²) in [6.45, 7) is 36.3. The van der Waals surface area contributed by atoms with Gasteiger partial charge in [-0.05, 0) is 138 Å². The van der Waals surface area contributed by atoms with E-state index in [-0.39, 0.29) is 98.4 Å². The molecule has 0 spiro atoms. The molecule has 0 aliphatic carbocycles. The van der Waals surface area contributed by atoms with E-state index in [1.807, 2.05) is 62.3 Å². The van der Waals surface area contributed by atoms with Crippen LogP contribution < -0.4 is 80.5 Å². The van der Waals surface area contributed by atoms with E-state index < -0.39 is 120 Å². The molecule has 0 saturated heterocycles. The molecule has 5 amide bonds. The third-order valence-corrected chi connectivity index (χ3v) is 14.9. The molecule has 121 heavy (non-hydrogen) atoms. The number of carbonyl (C=O) groups is 7. The maximum atomic E-state index is 14.4. The second kappa shape index (κ2) is 57.5.